The van der Waals surface area contributed by atoms with Gasteiger partial charge in [-0.15, -0.1) is 0 Å². The lowest BCUT2D eigenvalue weighted by atomic mass is 10.2. The molecule has 2 aromatic rings. The first kappa shape index (κ1) is 18.0. The molecule has 0 fully saturated rings. The third kappa shape index (κ3) is 5.70. The van der Waals surface area contributed by atoms with E-state index in [9.17, 15) is 4.79 Å². The molecule has 0 atom stereocenters. The summed E-state index contributed by atoms with van der Waals surface area (Å²) in [7, 11) is 0. The van der Waals surface area contributed by atoms with Crippen molar-refractivity contribution in [2.75, 3.05) is 18.5 Å². The van der Waals surface area contributed by atoms with E-state index in [0.29, 0.717) is 12.4 Å². The number of carbonyl (C=O) groups excluding carboxylic acids is 1. The van der Waals surface area contributed by atoms with Crippen molar-refractivity contribution in [1.82, 2.24) is 0 Å². The Bertz CT molecular complexity index is 715. The molecule has 0 radical (unpaired) electrons. The van der Waals surface area contributed by atoms with E-state index in [4.69, 9.17) is 9.57 Å². The highest BCUT2D eigenvalue weighted by Crippen LogP contribution is 2.21. The van der Waals surface area contributed by atoms with Crippen LogP contribution in [0.3, 0.4) is 0 Å². The van der Waals surface area contributed by atoms with E-state index in [2.05, 4.69) is 26.4 Å². The van der Waals surface area contributed by atoms with Crippen LogP contribution in [0.4, 0.5) is 5.69 Å². The van der Waals surface area contributed by atoms with Gasteiger partial charge in [0.15, 0.2) is 6.61 Å². The summed E-state index contributed by atoms with van der Waals surface area (Å²) in [6.45, 7) is 4.29. The van der Waals surface area contributed by atoms with E-state index in [1.807, 2.05) is 56.3 Å². The highest BCUT2D eigenvalue weighted by molar-refractivity contribution is 9.10. The number of carbonyl (C=O) groups is 1. The van der Waals surface area contributed by atoms with Crippen LogP contribution >= 0.6 is 15.9 Å². The summed E-state index contributed by atoms with van der Waals surface area (Å²) in [4.78, 5) is 16.8. The number of nitrogens with one attached hydrogen (secondary N) is 1. The topological polar surface area (TPSA) is 59.9 Å². The lowest BCUT2D eigenvalue weighted by molar-refractivity contribution is -0.120. The third-order valence-corrected chi connectivity index (χ3v) is 3.56. The molecule has 0 bridgehead atoms. The zero-order valence-corrected chi connectivity index (χ0v) is 15.2. The molecular weight excluding hydrogens is 372 g/mol. The van der Waals surface area contributed by atoms with Gasteiger partial charge in [-0.1, -0.05) is 38.8 Å². The molecule has 2 aromatic carbocycles. The largest absolute Gasteiger partial charge is 0.493 e. The number of oxime groups is 1. The number of amides is 1. The Labute approximate surface area is 149 Å². The van der Waals surface area contributed by atoms with Gasteiger partial charge in [0, 0.05) is 15.7 Å². The molecule has 0 aromatic heterocycles. The smallest absolute Gasteiger partial charge is 0.265 e. The van der Waals surface area contributed by atoms with Crippen LogP contribution in [0.1, 0.15) is 18.1 Å². The number of anilines is 1. The second-order valence-electron chi connectivity index (χ2n) is 5.04. The predicted octanol–water partition coefficient (Wildman–Crippen LogP) is 4.15. The minimum Gasteiger partial charge on any atom is -0.493 e. The molecule has 24 heavy (non-hydrogen) atoms. The minimum absolute atomic E-state index is 0.164. The molecule has 0 spiro atoms. The molecule has 0 aliphatic carbocycles. The number of rotatable bonds is 7. The maximum atomic E-state index is 11.8. The highest BCUT2D eigenvalue weighted by Gasteiger charge is 2.04. The van der Waals surface area contributed by atoms with Gasteiger partial charge in [-0.25, -0.2) is 0 Å². The summed E-state index contributed by atoms with van der Waals surface area (Å²) >= 11 is 3.40. The second kappa shape index (κ2) is 9.08. The molecule has 2 rings (SSSR count). The Morgan fingerprint density at radius 3 is 2.71 bits per heavy atom. The van der Waals surface area contributed by atoms with Crippen molar-refractivity contribution in [3.63, 3.8) is 0 Å². The summed E-state index contributed by atoms with van der Waals surface area (Å²) in [5.74, 6) is 0.437. The van der Waals surface area contributed by atoms with Gasteiger partial charge >= 0.3 is 0 Å². The molecule has 126 valence electrons. The number of hydrogen-bond acceptors (Lipinski definition) is 4. The average molecular weight is 391 g/mol. The van der Waals surface area contributed by atoms with Gasteiger partial charge < -0.3 is 14.9 Å². The van der Waals surface area contributed by atoms with Crippen LogP contribution in [0.2, 0.25) is 0 Å². The van der Waals surface area contributed by atoms with Crippen LogP contribution < -0.4 is 10.1 Å². The molecule has 0 saturated heterocycles. The van der Waals surface area contributed by atoms with E-state index >= 15 is 0 Å². The maximum absolute atomic E-state index is 11.8. The molecule has 0 heterocycles. The number of halogens is 1. The number of benzene rings is 2. The molecule has 0 aliphatic heterocycles. The van der Waals surface area contributed by atoms with Gasteiger partial charge in [-0.05, 0) is 44.2 Å². The van der Waals surface area contributed by atoms with E-state index in [1.165, 1.54) is 6.21 Å². The summed E-state index contributed by atoms with van der Waals surface area (Å²) in [6.07, 6.45) is 1.52. The highest BCUT2D eigenvalue weighted by atomic mass is 79.9. The quantitative estimate of drug-likeness (QED) is 0.570. The van der Waals surface area contributed by atoms with Gasteiger partial charge in [0.1, 0.15) is 5.75 Å². The fourth-order valence-electron chi connectivity index (χ4n) is 1.93. The zero-order valence-electron chi connectivity index (χ0n) is 13.6. The number of nitrogens with zero attached hydrogens (tertiary/aromatic N) is 1. The van der Waals surface area contributed by atoms with Gasteiger partial charge in [0.2, 0.25) is 0 Å². The van der Waals surface area contributed by atoms with Gasteiger partial charge in [-0.2, -0.15) is 0 Å². The minimum atomic E-state index is -0.268. The number of aryl methyl sites for hydroxylation is 1. The second-order valence-corrected chi connectivity index (χ2v) is 5.95. The standard InChI is InChI=1S/C18H19BrN2O3/c1-3-23-17-9-6-15(19)10-14(17)11-20-24-12-18(22)21-16-7-4-13(2)5-8-16/h4-11H,3,12H2,1-2H3,(H,21,22)/b20-11+. The fraction of sp³-hybridized carbons (Fsp3) is 0.222. The first-order chi connectivity index (χ1) is 11.6. The molecule has 6 heteroatoms. The summed E-state index contributed by atoms with van der Waals surface area (Å²) < 4.78 is 6.42. The van der Waals surface area contributed by atoms with Crippen LogP contribution in [-0.4, -0.2) is 25.3 Å². The van der Waals surface area contributed by atoms with Crippen molar-refractivity contribution in [3.8, 4) is 5.75 Å². The molecule has 1 N–H and O–H groups in total. The van der Waals surface area contributed by atoms with Gasteiger partial charge in [0.05, 0.1) is 12.8 Å². The fourth-order valence-corrected chi connectivity index (χ4v) is 2.31. The number of ether oxygens (including phenoxy) is 1. The van der Waals surface area contributed by atoms with Gasteiger partial charge in [-0.3, -0.25) is 4.79 Å². The van der Waals surface area contributed by atoms with Crippen LogP contribution in [0.5, 0.6) is 5.75 Å². The van der Waals surface area contributed by atoms with E-state index < -0.39 is 0 Å². The van der Waals surface area contributed by atoms with E-state index in [1.54, 1.807) is 0 Å². The molecule has 5 nitrogen and oxygen atoms in total. The Morgan fingerprint density at radius 1 is 1.25 bits per heavy atom. The van der Waals surface area contributed by atoms with Crippen molar-refractivity contribution in [2.24, 2.45) is 5.16 Å². The monoisotopic (exact) mass is 390 g/mol. The summed E-state index contributed by atoms with van der Waals surface area (Å²) in [5.41, 5.74) is 2.63. The van der Waals surface area contributed by atoms with Crippen molar-refractivity contribution in [2.45, 2.75) is 13.8 Å². The van der Waals surface area contributed by atoms with E-state index in [-0.39, 0.29) is 12.5 Å². The summed E-state index contributed by atoms with van der Waals surface area (Å²) in [5, 5.41) is 6.57. The normalized spacial score (nSPS) is 10.6. The van der Waals surface area contributed by atoms with Crippen LogP contribution in [0.15, 0.2) is 52.1 Å². The molecule has 0 aliphatic rings. The van der Waals surface area contributed by atoms with Crippen LogP contribution in [-0.2, 0) is 9.63 Å². The van der Waals surface area contributed by atoms with E-state index in [0.717, 1.165) is 21.3 Å². The molecule has 0 unspecified atom stereocenters. The lowest BCUT2D eigenvalue weighted by Gasteiger charge is -2.07. The van der Waals surface area contributed by atoms with Crippen molar-refractivity contribution in [3.05, 3.63) is 58.1 Å². The molecule has 0 saturated carbocycles. The zero-order chi connectivity index (χ0) is 17.4. The Kier molecular flexibility index (Phi) is 6.81. The number of hydrogen-bond donors (Lipinski definition) is 1. The average Bonchev–Trinajstić information content (AvgIpc) is 2.56. The van der Waals surface area contributed by atoms with Gasteiger partial charge in [0.25, 0.3) is 5.91 Å². The van der Waals surface area contributed by atoms with Crippen LogP contribution in [0.25, 0.3) is 0 Å². The Hall–Kier alpha value is -2.34. The lowest BCUT2D eigenvalue weighted by Crippen LogP contribution is -2.16. The Balaban J connectivity index is 1.87. The first-order valence-corrected chi connectivity index (χ1v) is 8.32. The van der Waals surface area contributed by atoms with Crippen molar-refractivity contribution < 1.29 is 14.4 Å². The van der Waals surface area contributed by atoms with Crippen molar-refractivity contribution >= 4 is 33.7 Å². The third-order valence-electron chi connectivity index (χ3n) is 3.07. The Morgan fingerprint density at radius 2 is 2.00 bits per heavy atom. The first-order valence-electron chi connectivity index (χ1n) is 7.52. The van der Waals surface area contributed by atoms with Crippen molar-refractivity contribution in [1.29, 1.82) is 0 Å². The van der Waals surface area contributed by atoms with Crippen LogP contribution in [0, 0.1) is 6.92 Å². The molecule has 1 amide bonds. The SMILES string of the molecule is CCOc1ccc(Br)cc1/C=N/OCC(=O)Nc1ccc(C)cc1. The molecular formula is C18H19BrN2O3. The predicted molar refractivity (Wildman–Crippen MR) is 98.7 cm³/mol. The summed E-state index contributed by atoms with van der Waals surface area (Å²) in [6, 6.07) is 13.1. The maximum Gasteiger partial charge on any atom is 0.265 e.